The number of allylic oxidation sites excluding steroid dienone is 2. The molecule has 0 aromatic heterocycles. The Kier molecular flexibility index (Phi) is 1.68. The summed E-state index contributed by atoms with van der Waals surface area (Å²) in [5.74, 6) is 0.839. The van der Waals surface area contributed by atoms with Crippen LogP contribution in [0.5, 0.6) is 0 Å². The van der Waals surface area contributed by atoms with Crippen molar-refractivity contribution >= 4 is 5.84 Å². The van der Waals surface area contributed by atoms with E-state index in [1.807, 2.05) is 0 Å². The van der Waals surface area contributed by atoms with Gasteiger partial charge < -0.3 is 5.73 Å². The summed E-state index contributed by atoms with van der Waals surface area (Å²) in [4.78, 5) is 4.38. The molecule has 0 saturated carbocycles. The Morgan fingerprint density at radius 1 is 1.00 bits per heavy atom. The first-order valence-electron chi connectivity index (χ1n) is 4.40. The summed E-state index contributed by atoms with van der Waals surface area (Å²) < 4.78 is 0. The highest BCUT2D eigenvalue weighted by molar-refractivity contribution is 5.82. The molecule has 0 bridgehead atoms. The SMILES string of the molecule is NC1=NC2=C(CCCC2)CC1. The predicted octanol–water partition coefficient (Wildman–Crippen LogP) is 1.97. The van der Waals surface area contributed by atoms with E-state index >= 15 is 0 Å². The van der Waals surface area contributed by atoms with Gasteiger partial charge in [-0.15, -0.1) is 0 Å². The van der Waals surface area contributed by atoms with Crippen LogP contribution in [0.1, 0.15) is 38.5 Å². The molecule has 2 rings (SSSR count). The summed E-state index contributed by atoms with van der Waals surface area (Å²) in [5.41, 5.74) is 8.54. The molecular weight excluding hydrogens is 136 g/mol. The molecule has 0 spiro atoms. The van der Waals surface area contributed by atoms with E-state index in [0.717, 1.165) is 18.7 Å². The average molecular weight is 150 g/mol. The molecule has 0 fully saturated rings. The number of hydrogen-bond acceptors (Lipinski definition) is 2. The minimum atomic E-state index is 0.839. The normalized spacial score (nSPS) is 24.5. The Hall–Kier alpha value is -0.790. The van der Waals surface area contributed by atoms with Crippen molar-refractivity contribution in [3.05, 3.63) is 11.3 Å². The van der Waals surface area contributed by atoms with Crippen molar-refractivity contribution < 1.29 is 0 Å². The molecule has 1 aliphatic heterocycles. The maximum atomic E-state index is 5.66. The fourth-order valence-electron chi connectivity index (χ4n) is 1.86. The summed E-state index contributed by atoms with van der Waals surface area (Å²) in [6.45, 7) is 0. The second-order valence-corrected chi connectivity index (χ2v) is 3.36. The van der Waals surface area contributed by atoms with Gasteiger partial charge in [0.05, 0.1) is 5.84 Å². The minimum absolute atomic E-state index is 0.839. The molecule has 0 saturated heterocycles. The van der Waals surface area contributed by atoms with Crippen LogP contribution in [0.4, 0.5) is 0 Å². The van der Waals surface area contributed by atoms with Gasteiger partial charge in [0, 0.05) is 12.1 Å². The van der Waals surface area contributed by atoms with Crippen LogP contribution >= 0.6 is 0 Å². The first-order valence-corrected chi connectivity index (χ1v) is 4.40. The highest BCUT2D eigenvalue weighted by Gasteiger charge is 2.16. The van der Waals surface area contributed by atoms with Gasteiger partial charge in [-0.1, -0.05) is 0 Å². The molecule has 0 aromatic rings. The minimum Gasteiger partial charge on any atom is -0.387 e. The van der Waals surface area contributed by atoms with Crippen molar-refractivity contribution in [1.82, 2.24) is 0 Å². The first kappa shape index (κ1) is 6.89. The Bertz CT molecular complexity index is 226. The maximum absolute atomic E-state index is 5.66. The maximum Gasteiger partial charge on any atom is 0.0995 e. The van der Waals surface area contributed by atoms with E-state index < -0.39 is 0 Å². The van der Waals surface area contributed by atoms with Gasteiger partial charge >= 0.3 is 0 Å². The van der Waals surface area contributed by atoms with Crippen molar-refractivity contribution in [3.63, 3.8) is 0 Å². The number of nitrogens with two attached hydrogens (primary N) is 1. The quantitative estimate of drug-likeness (QED) is 0.563. The summed E-state index contributed by atoms with van der Waals surface area (Å²) >= 11 is 0. The third-order valence-corrected chi connectivity index (χ3v) is 2.51. The molecule has 0 unspecified atom stereocenters. The van der Waals surface area contributed by atoms with Crippen molar-refractivity contribution in [2.75, 3.05) is 0 Å². The Morgan fingerprint density at radius 2 is 1.82 bits per heavy atom. The van der Waals surface area contributed by atoms with E-state index in [2.05, 4.69) is 4.99 Å². The van der Waals surface area contributed by atoms with Crippen LogP contribution in [0.2, 0.25) is 0 Å². The van der Waals surface area contributed by atoms with Crippen molar-refractivity contribution in [3.8, 4) is 0 Å². The van der Waals surface area contributed by atoms with Crippen molar-refractivity contribution in [2.45, 2.75) is 38.5 Å². The molecule has 60 valence electrons. The summed E-state index contributed by atoms with van der Waals surface area (Å²) in [6, 6.07) is 0. The lowest BCUT2D eigenvalue weighted by Crippen LogP contribution is -2.17. The molecule has 2 N–H and O–H groups in total. The molecule has 0 radical (unpaired) electrons. The monoisotopic (exact) mass is 150 g/mol. The van der Waals surface area contributed by atoms with Gasteiger partial charge in [-0.05, 0) is 37.7 Å². The van der Waals surface area contributed by atoms with Crippen LogP contribution in [0.25, 0.3) is 0 Å². The van der Waals surface area contributed by atoms with E-state index in [1.165, 1.54) is 31.4 Å². The second kappa shape index (κ2) is 2.68. The number of hydrogen-bond donors (Lipinski definition) is 1. The third kappa shape index (κ3) is 1.30. The van der Waals surface area contributed by atoms with Crippen molar-refractivity contribution in [1.29, 1.82) is 0 Å². The van der Waals surface area contributed by atoms with E-state index in [4.69, 9.17) is 5.73 Å². The number of nitrogens with zero attached hydrogens (tertiary/aromatic N) is 1. The zero-order valence-electron chi connectivity index (χ0n) is 6.77. The standard InChI is InChI=1S/C9H14N2/c10-9-6-5-7-3-1-2-4-8(7)11-9/h1-6H2,(H2,10,11). The van der Waals surface area contributed by atoms with Gasteiger partial charge in [0.15, 0.2) is 0 Å². The highest BCUT2D eigenvalue weighted by Crippen LogP contribution is 2.31. The zero-order valence-corrected chi connectivity index (χ0v) is 6.77. The number of aliphatic imine (C=N–C) groups is 1. The van der Waals surface area contributed by atoms with E-state index in [0.29, 0.717) is 0 Å². The highest BCUT2D eigenvalue weighted by atomic mass is 14.9. The van der Waals surface area contributed by atoms with Gasteiger partial charge in [0.25, 0.3) is 0 Å². The molecule has 11 heavy (non-hydrogen) atoms. The van der Waals surface area contributed by atoms with Gasteiger partial charge in [-0.2, -0.15) is 0 Å². The fourth-order valence-corrected chi connectivity index (χ4v) is 1.86. The van der Waals surface area contributed by atoms with Gasteiger partial charge in [-0.3, -0.25) is 0 Å². The second-order valence-electron chi connectivity index (χ2n) is 3.36. The van der Waals surface area contributed by atoms with Gasteiger partial charge in [-0.25, -0.2) is 4.99 Å². The molecule has 1 heterocycles. The third-order valence-electron chi connectivity index (χ3n) is 2.51. The summed E-state index contributed by atoms with van der Waals surface area (Å²) in [7, 11) is 0. The molecule has 0 atom stereocenters. The molecule has 0 amide bonds. The lowest BCUT2D eigenvalue weighted by molar-refractivity contribution is 0.636. The van der Waals surface area contributed by atoms with Crippen molar-refractivity contribution in [2.24, 2.45) is 10.7 Å². The Morgan fingerprint density at radius 3 is 2.73 bits per heavy atom. The number of amidine groups is 1. The van der Waals surface area contributed by atoms with Crippen LogP contribution in [0, 0.1) is 0 Å². The lowest BCUT2D eigenvalue weighted by atomic mass is 9.91. The van der Waals surface area contributed by atoms with Gasteiger partial charge in [0.1, 0.15) is 0 Å². The molecule has 0 aromatic carbocycles. The number of rotatable bonds is 0. The molecule has 1 aliphatic carbocycles. The summed E-state index contributed by atoms with van der Waals surface area (Å²) in [6.07, 6.45) is 7.25. The lowest BCUT2D eigenvalue weighted by Gasteiger charge is -2.21. The Labute approximate surface area is 67.2 Å². The van der Waals surface area contributed by atoms with Gasteiger partial charge in [0.2, 0.25) is 0 Å². The average Bonchev–Trinajstić information content (AvgIpc) is 2.04. The smallest absolute Gasteiger partial charge is 0.0995 e. The molecule has 2 nitrogen and oxygen atoms in total. The molecule has 2 heteroatoms. The molecular formula is C9H14N2. The van der Waals surface area contributed by atoms with Crippen LogP contribution in [0.3, 0.4) is 0 Å². The van der Waals surface area contributed by atoms with E-state index in [1.54, 1.807) is 5.57 Å². The van der Waals surface area contributed by atoms with E-state index in [9.17, 15) is 0 Å². The predicted molar refractivity (Wildman–Crippen MR) is 46.4 cm³/mol. The summed E-state index contributed by atoms with van der Waals surface area (Å²) in [5, 5.41) is 0. The fraction of sp³-hybridized carbons (Fsp3) is 0.667. The largest absolute Gasteiger partial charge is 0.387 e. The van der Waals surface area contributed by atoms with E-state index in [-0.39, 0.29) is 0 Å². The Balaban J connectivity index is 2.25. The van der Waals surface area contributed by atoms with Crippen LogP contribution in [-0.2, 0) is 0 Å². The first-order chi connectivity index (χ1) is 5.36. The topological polar surface area (TPSA) is 38.4 Å². The van der Waals surface area contributed by atoms with Crippen LogP contribution in [-0.4, -0.2) is 5.84 Å². The zero-order chi connectivity index (χ0) is 7.68. The van der Waals surface area contributed by atoms with Crippen LogP contribution in [0.15, 0.2) is 16.3 Å². The van der Waals surface area contributed by atoms with Crippen LogP contribution < -0.4 is 5.73 Å². The molecule has 2 aliphatic rings.